The Bertz CT molecular complexity index is 165. The van der Waals surface area contributed by atoms with Crippen molar-refractivity contribution in [3.8, 4) is 0 Å². The van der Waals surface area contributed by atoms with Gasteiger partial charge in [-0.05, 0) is 13.8 Å². The van der Waals surface area contributed by atoms with Crippen molar-refractivity contribution in [2.75, 3.05) is 14.2 Å². The monoisotopic (exact) mass is 190 g/mol. The number of hydrogen-bond acceptors (Lipinski definition) is 4. The predicted molar refractivity (Wildman–Crippen MR) is 48.3 cm³/mol. The lowest BCUT2D eigenvalue weighted by atomic mass is 9.99. The Balaban J connectivity index is 3.86. The standard InChI is InChI=1S/C9H18O4/c1-9(2,13-4)6-7(10)5-8(11)12-3/h7,10H,5-6H2,1-4H3/t7-/m0/s1. The van der Waals surface area contributed by atoms with Crippen LogP contribution in [0.25, 0.3) is 0 Å². The summed E-state index contributed by atoms with van der Waals surface area (Å²) in [5.41, 5.74) is -0.409. The summed E-state index contributed by atoms with van der Waals surface area (Å²) < 4.78 is 9.54. The van der Waals surface area contributed by atoms with Crippen LogP contribution in [0.15, 0.2) is 0 Å². The first-order valence-electron chi connectivity index (χ1n) is 4.21. The van der Waals surface area contributed by atoms with Crippen LogP contribution in [0.4, 0.5) is 0 Å². The van der Waals surface area contributed by atoms with E-state index in [-0.39, 0.29) is 6.42 Å². The molecule has 0 heterocycles. The van der Waals surface area contributed by atoms with E-state index in [1.165, 1.54) is 7.11 Å². The van der Waals surface area contributed by atoms with Crippen molar-refractivity contribution in [2.24, 2.45) is 0 Å². The Hall–Kier alpha value is -0.610. The van der Waals surface area contributed by atoms with Gasteiger partial charge in [0, 0.05) is 13.5 Å². The van der Waals surface area contributed by atoms with Crippen molar-refractivity contribution in [1.82, 2.24) is 0 Å². The van der Waals surface area contributed by atoms with Gasteiger partial charge in [0.1, 0.15) is 0 Å². The molecule has 0 aliphatic carbocycles. The summed E-state index contributed by atoms with van der Waals surface area (Å²) in [7, 11) is 2.88. The van der Waals surface area contributed by atoms with E-state index in [4.69, 9.17) is 4.74 Å². The van der Waals surface area contributed by atoms with Crippen molar-refractivity contribution < 1.29 is 19.4 Å². The Morgan fingerprint density at radius 1 is 1.46 bits per heavy atom. The first kappa shape index (κ1) is 12.4. The summed E-state index contributed by atoms with van der Waals surface area (Å²) in [6, 6.07) is 0. The maximum absolute atomic E-state index is 10.8. The minimum atomic E-state index is -0.706. The number of aliphatic hydroxyl groups is 1. The third-order valence-electron chi connectivity index (χ3n) is 1.91. The molecule has 0 saturated heterocycles. The van der Waals surface area contributed by atoms with Crippen LogP contribution >= 0.6 is 0 Å². The molecule has 4 heteroatoms. The molecule has 0 spiro atoms. The quantitative estimate of drug-likeness (QED) is 0.649. The highest BCUT2D eigenvalue weighted by Gasteiger charge is 2.23. The van der Waals surface area contributed by atoms with Crippen molar-refractivity contribution in [2.45, 2.75) is 38.4 Å². The number of carbonyl (C=O) groups is 1. The molecule has 0 radical (unpaired) electrons. The van der Waals surface area contributed by atoms with Crippen molar-refractivity contribution >= 4 is 5.97 Å². The van der Waals surface area contributed by atoms with Crippen LogP contribution < -0.4 is 0 Å². The van der Waals surface area contributed by atoms with Crippen molar-refractivity contribution in [3.63, 3.8) is 0 Å². The van der Waals surface area contributed by atoms with Crippen LogP contribution in [0.1, 0.15) is 26.7 Å². The molecule has 0 saturated carbocycles. The van der Waals surface area contributed by atoms with E-state index >= 15 is 0 Å². The smallest absolute Gasteiger partial charge is 0.308 e. The van der Waals surface area contributed by atoms with Gasteiger partial charge in [0.25, 0.3) is 0 Å². The van der Waals surface area contributed by atoms with Crippen LogP contribution in [0, 0.1) is 0 Å². The van der Waals surface area contributed by atoms with Crippen molar-refractivity contribution in [1.29, 1.82) is 0 Å². The van der Waals surface area contributed by atoms with Gasteiger partial charge in [0.05, 0.1) is 25.2 Å². The number of rotatable bonds is 5. The minimum Gasteiger partial charge on any atom is -0.469 e. The molecular formula is C9H18O4. The average Bonchev–Trinajstić information content (AvgIpc) is 2.03. The molecule has 0 unspecified atom stereocenters. The fourth-order valence-corrected chi connectivity index (χ4v) is 0.999. The third-order valence-corrected chi connectivity index (χ3v) is 1.91. The molecule has 0 aromatic rings. The van der Waals surface area contributed by atoms with E-state index in [1.54, 1.807) is 7.11 Å². The fourth-order valence-electron chi connectivity index (χ4n) is 0.999. The number of aliphatic hydroxyl groups excluding tert-OH is 1. The topological polar surface area (TPSA) is 55.8 Å². The van der Waals surface area contributed by atoms with Gasteiger partial charge < -0.3 is 14.6 Å². The van der Waals surface area contributed by atoms with Gasteiger partial charge >= 0.3 is 5.97 Å². The number of methoxy groups -OCH3 is 2. The van der Waals surface area contributed by atoms with E-state index < -0.39 is 17.7 Å². The summed E-state index contributed by atoms with van der Waals surface area (Å²) in [5, 5.41) is 9.44. The largest absolute Gasteiger partial charge is 0.469 e. The number of ether oxygens (including phenoxy) is 2. The molecule has 4 nitrogen and oxygen atoms in total. The molecule has 0 amide bonds. The van der Waals surface area contributed by atoms with E-state index in [9.17, 15) is 9.90 Å². The van der Waals surface area contributed by atoms with Crippen LogP contribution in [-0.2, 0) is 14.3 Å². The zero-order chi connectivity index (χ0) is 10.5. The zero-order valence-electron chi connectivity index (χ0n) is 8.66. The molecule has 0 rings (SSSR count). The molecule has 13 heavy (non-hydrogen) atoms. The highest BCUT2D eigenvalue weighted by Crippen LogP contribution is 2.17. The van der Waals surface area contributed by atoms with Gasteiger partial charge in [-0.15, -0.1) is 0 Å². The maximum Gasteiger partial charge on any atom is 0.308 e. The van der Waals surface area contributed by atoms with Crippen LogP contribution in [-0.4, -0.2) is 37.0 Å². The fraction of sp³-hybridized carbons (Fsp3) is 0.889. The van der Waals surface area contributed by atoms with Crippen LogP contribution in [0.5, 0.6) is 0 Å². The molecule has 0 bridgehead atoms. The Kier molecular flexibility index (Phi) is 4.95. The normalized spacial score (nSPS) is 13.9. The Morgan fingerprint density at radius 3 is 2.38 bits per heavy atom. The Morgan fingerprint density at radius 2 is 2.00 bits per heavy atom. The number of esters is 1. The van der Waals surface area contributed by atoms with E-state index in [2.05, 4.69) is 4.74 Å². The molecule has 0 aliphatic heterocycles. The van der Waals surface area contributed by atoms with Gasteiger partial charge in [-0.25, -0.2) is 0 Å². The number of hydrogen-bond donors (Lipinski definition) is 1. The summed E-state index contributed by atoms with van der Waals surface area (Å²) in [6.07, 6.45) is -0.274. The van der Waals surface area contributed by atoms with Crippen LogP contribution in [0.3, 0.4) is 0 Å². The first-order valence-corrected chi connectivity index (χ1v) is 4.21. The van der Waals surface area contributed by atoms with Crippen LogP contribution in [0.2, 0.25) is 0 Å². The minimum absolute atomic E-state index is 0.0172. The SMILES string of the molecule is COC(=O)C[C@H](O)CC(C)(C)OC. The van der Waals surface area contributed by atoms with E-state index in [1.807, 2.05) is 13.8 Å². The summed E-state index contributed by atoms with van der Waals surface area (Å²) >= 11 is 0. The summed E-state index contributed by atoms with van der Waals surface area (Å²) in [5.74, 6) is -0.403. The molecule has 1 N–H and O–H groups in total. The second-order valence-corrected chi connectivity index (χ2v) is 3.60. The molecule has 78 valence electrons. The predicted octanol–water partition coefficient (Wildman–Crippen LogP) is 0.725. The molecule has 0 aromatic heterocycles. The molecule has 0 aromatic carbocycles. The van der Waals surface area contributed by atoms with Gasteiger partial charge in [-0.2, -0.15) is 0 Å². The average molecular weight is 190 g/mol. The highest BCUT2D eigenvalue weighted by atomic mass is 16.5. The second-order valence-electron chi connectivity index (χ2n) is 3.60. The lowest BCUT2D eigenvalue weighted by Gasteiger charge is -2.25. The van der Waals surface area contributed by atoms with Gasteiger partial charge in [0.2, 0.25) is 0 Å². The van der Waals surface area contributed by atoms with E-state index in [0.717, 1.165) is 0 Å². The van der Waals surface area contributed by atoms with Crippen molar-refractivity contribution in [3.05, 3.63) is 0 Å². The second kappa shape index (κ2) is 5.19. The zero-order valence-corrected chi connectivity index (χ0v) is 8.66. The maximum atomic E-state index is 10.8. The third kappa shape index (κ3) is 5.60. The van der Waals surface area contributed by atoms with Gasteiger partial charge in [-0.3, -0.25) is 4.79 Å². The molecule has 1 atom stereocenters. The highest BCUT2D eigenvalue weighted by molar-refractivity contribution is 5.69. The molecule has 0 fully saturated rings. The lowest BCUT2D eigenvalue weighted by Crippen LogP contribution is -2.30. The Labute approximate surface area is 78.8 Å². The number of carbonyl (C=O) groups excluding carboxylic acids is 1. The summed E-state index contributed by atoms with van der Waals surface area (Å²) in [4.78, 5) is 10.8. The van der Waals surface area contributed by atoms with Gasteiger partial charge in [0.15, 0.2) is 0 Å². The summed E-state index contributed by atoms with van der Waals surface area (Å²) in [6.45, 7) is 3.71. The molecular weight excluding hydrogens is 172 g/mol. The van der Waals surface area contributed by atoms with Gasteiger partial charge in [-0.1, -0.05) is 0 Å². The molecule has 0 aliphatic rings. The first-order chi connectivity index (χ1) is 5.91. The van der Waals surface area contributed by atoms with E-state index in [0.29, 0.717) is 6.42 Å². The lowest BCUT2D eigenvalue weighted by molar-refractivity contribution is -0.143.